The molecule has 214 valence electrons. The first-order valence-electron chi connectivity index (χ1n) is 13.4. The van der Waals surface area contributed by atoms with E-state index in [1.165, 1.54) is 23.9 Å². The number of pyridine rings is 1. The van der Waals surface area contributed by atoms with E-state index in [1.807, 2.05) is 13.0 Å². The normalized spacial score (nSPS) is 15.7. The predicted octanol–water partition coefficient (Wildman–Crippen LogP) is 7.90. The van der Waals surface area contributed by atoms with E-state index < -0.39 is 4.92 Å². The van der Waals surface area contributed by atoms with Gasteiger partial charge in [0, 0.05) is 42.2 Å². The molecule has 1 atom stereocenters. The van der Waals surface area contributed by atoms with Crippen molar-refractivity contribution in [2.45, 2.75) is 46.6 Å². The van der Waals surface area contributed by atoms with Crippen molar-refractivity contribution < 1.29 is 19.1 Å². The van der Waals surface area contributed by atoms with E-state index in [4.69, 9.17) is 25.8 Å². The molecule has 0 spiro atoms. The molecule has 1 unspecified atom stereocenters. The Morgan fingerprint density at radius 2 is 2.12 bits per heavy atom. The van der Waals surface area contributed by atoms with Crippen molar-refractivity contribution in [3.05, 3.63) is 81.0 Å². The van der Waals surface area contributed by atoms with Gasteiger partial charge in [0.15, 0.2) is 5.75 Å². The van der Waals surface area contributed by atoms with Crippen LogP contribution in [0.4, 0.5) is 17.1 Å². The average Bonchev–Trinajstić information content (AvgIpc) is 3.43. The van der Waals surface area contributed by atoms with Crippen molar-refractivity contribution in [2.24, 2.45) is 5.41 Å². The third-order valence-corrected chi connectivity index (χ3v) is 6.90. The minimum absolute atomic E-state index is 0.0385. The lowest BCUT2D eigenvalue weighted by atomic mass is 9.85. The van der Waals surface area contributed by atoms with Gasteiger partial charge in [0.05, 0.1) is 46.5 Å². The standard InChI is InChI=1S/C31H33ClN4O5/c1-5-7-21(31(2,3)4)8-6-12-40-28-10-9-22(14-25(28)32)35-30-20(17-33)18-34-26-16-29(41-23-11-13-39-19-23)27(36(37)38)15-24(26)30/h5,7-10,14-16,18,23H,6,11-13,19H2,1-4H3,(H,34,35)/b7-5-,21-8+. The maximum atomic E-state index is 11.9. The number of nitriles is 1. The van der Waals surface area contributed by atoms with Crippen LogP contribution in [0.5, 0.6) is 11.5 Å². The summed E-state index contributed by atoms with van der Waals surface area (Å²) >= 11 is 6.53. The van der Waals surface area contributed by atoms with Crippen LogP contribution in [0.15, 0.2) is 60.3 Å². The number of anilines is 2. The molecular weight excluding hydrogens is 544 g/mol. The quantitative estimate of drug-likeness (QED) is 0.112. The number of aromatic nitrogens is 1. The summed E-state index contributed by atoms with van der Waals surface area (Å²) in [6.07, 6.45) is 8.83. The van der Waals surface area contributed by atoms with Crippen LogP contribution in [0, 0.1) is 26.9 Å². The van der Waals surface area contributed by atoms with Crippen LogP contribution in [0.25, 0.3) is 10.9 Å². The van der Waals surface area contributed by atoms with Crippen LogP contribution in [-0.4, -0.2) is 35.8 Å². The molecular formula is C31H33ClN4O5. The monoisotopic (exact) mass is 576 g/mol. The third-order valence-electron chi connectivity index (χ3n) is 6.60. The van der Waals surface area contributed by atoms with Gasteiger partial charge < -0.3 is 19.5 Å². The second kappa shape index (κ2) is 13.0. The van der Waals surface area contributed by atoms with Crippen molar-refractivity contribution in [1.82, 2.24) is 4.98 Å². The molecule has 1 aromatic heterocycles. The van der Waals surface area contributed by atoms with Gasteiger partial charge in [-0.05, 0) is 36.1 Å². The Morgan fingerprint density at radius 3 is 2.76 bits per heavy atom. The van der Waals surface area contributed by atoms with Crippen molar-refractivity contribution in [1.29, 1.82) is 5.26 Å². The van der Waals surface area contributed by atoms with Gasteiger partial charge in [-0.15, -0.1) is 0 Å². The molecule has 0 radical (unpaired) electrons. The van der Waals surface area contributed by atoms with Crippen molar-refractivity contribution in [2.75, 3.05) is 25.1 Å². The van der Waals surface area contributed by atoms with Crippen molar-refractivity contribution in [3.63, 3.8) is 0 Å². The van der Waals surface area contributed by atoms with E-state index in [-0.39, 0.29) is 28.5 Å². The molecule has 3 aromatic rings. The molecule has 10 heteroatoms. The number of ether oxygens (including phenoxy) is 3. The Hall–Kier alpha value is -4.13. The van der Waals surface area contributed by atoms with Gasteiger partial charge >= 0.3 is 5.69 Å². The van der Waals surface area contributed by atoms with Gasteiger partial charge in [-0.25, -0.2) is 0 Å². The molecule has 1 aliphatic heterocycles. The first-order valence-corrected chi connectivity index (χ1v) is 13.8. The summed E-state index contributed by atoms with van der Waals surface area (Å²) in [7, 11) is 0. The second-order valence-electron chi connectivity index (χ2n) is 10.7. The molecule has 2 heterocycles. The Morgan fingerprint density at radius 1 is 1.32 bits per heavy atom. The van der Waals surface area contributed by atoms with Crippen LogP contribution in [0.3, 0.4) is 0 Å². The summed E-state index contributed by atoms with van der Waals surface area (Å²) in [4.78, 5) is 15.8. The zero-order valence-corrected chi connectivity index (χ0v) is 24.3. The highest BCUT2D eigenvalue weighted by molar-refractivity contribution is 6.32. The van der Waals surface area contributed by atoms with Gasteiger partial charge in [0.2, 0.25) is 0 Å². The number of nitro groups is 1. The number of nitro benzene ring substituents is 1. The Kier molecular flexibility index (Phi) is 9.48. The van der Waals surface area contributed by atoms with Gasteiger partial charge in [-0.1, -0.05) is 50.6 Å². The summed E-state index contributed by atoms with van der Waals surface area (Å²) in [6, 6.07) is 10.2. The van der Waals surface area contributed by atoms with Gasteiger partial charge in [0.1, 0.15) is 17.9 Å². The number of hydrogen-bond acceptors (Lipinski definition) is 8. The number of halogens is 1. The molecule has 1 aliphatic rings. The summed E-state index contributed by atoms with van der Waals surface area (Å²) in [5.41, 5.74) is 2.69. The number of fused-ring (bicyclic) bond motifs is 1. The molecule has 2 aromatic carbocycles. The lowest BCUT2D eigenvalue weighted by Gasteiger charge is -2.20. The fraction of sp³-hybridized carbons (Fsp3) is 0.355. The summed E-state index contributed by atoms with van der Waals surface area (Å²) in [6.45, 7) is 9.88. The number of hydrogen-bond donors (Lipinski definition) is 1. The maximum absolute atomic E-state index is 11.9. The number of rotatable bonds is 10. The van der Waals surface area contributed by atoms with Crippen molar-refractivity contribution >= 4 is 39.6 Å². The van der Waals surface area contributed by atoms with E-state index in [0.717, 1.165) is 6.42 Å². The van der Waals surface area contributed by atoms with Gasteiger partial charge in [-0.2, -0.15) is 5.26 Å². The maximum Gasteiger partial charge on any atom is 0.311 e. The van der Waals surface area contributed by atoms with Crippen LogP contribution < -0.4 is 14.8 Å². The Balaban J connectivity index is 1.57. The zero-order valence-electron chi connectivity index (χ0n) is 23.6. The number of nitrogens with zero attached hydrogens (tertiary/aromatic N) is 3. The summed E-state index contributed by atoms with van der Waals surface area (Å²) in [5.74, 6) is 0.642. The molecule has 9 nitrogen and oxygen atoms in total. The minimum Gasteiger partial charge on any atom is -0.492 e. The SMILES string of the molecule is C/C=C\C(=C/CCOc1ccc(Nc2c(C#N)cnc3cc(OC4CCOC4)c([N+](=O)[O-])cc23)cc1Cl)C(C)(C)C. The van der Waals surface area contributed by atoms with Crippen LogP contribution in [0.2, 0.25) is 5.02 Å². The molecule has 4 rings (SSSR count). The second-order valence-corrected chi connectivity index (χ2v) is 11.1. The van der Waals surface area contributed by atoms with Gasteiger partial charge in [-0.3, -0.25) is 15.1 Å². The first kappa shape index (κ1) is 29.8. The molecule has 1 N–H and O–H groups in total. The minimum atomic E-state index is -0.505. The van der Waals surface area contributed by atoms with E-state index in [2.05, 4.69) is 49.3 Å². The predicted molar refractivity (Wildman–Crippen MR) is 160 cm³/mol. The molecule has 41 heavy (non-hydrogen) atoms. The molecule has 0 saturated carbocycles. The smallest absolute Gasteiger partial charge is 0.311 e. The first-order chi connectivity index (χ1) is 19.6. The zero-order chi connectivity index (χ0) is 29.6. The van der Waals surface area contributed by atoms with E-state index in [0.29, 0.717) is 59.3 Å². The highest BCUT2D eigenvalue weighted by Crippen LogP contribution is 2.39. The fourth-order valence-corrected chi connectivity index (χ4v) is 4.71. The highest BCUT2D eigenvalue weighted by Gasteiger charge is 2.25. The lowest BCUT2D eigenvalue weighted by molar-refractivity contribution is -0.385. The molecule has 0 bridgehead atoms. The van der Waals surface area contributed by atoms with Gasteiger partial charge in [0.25, 0.3) is 0 Å². The lowest BCUT2D eigenvalue weighted by Crippen LogP contribution is -2.16. The topological polar surface area (TPSA) is 120 Å². The number of benzene rings is 2. The van der Waals surface area contributed by atoms with E-state index in [1.54, 1.807) is 18.2 Å². The summed E-state index contributed by atoms with van der Waals surface area (Å²) in [5, 5.41) is 25.7. The molecule has 0 aliphatic carbocycles. The third kappa shape index (κ3) is 7.34. The van der Waals surface area contributed by atoms with Crippen LogP contribution in [-0.2, 0) is 4.74 Å². The highest BCUT2D eigenvalue weighted by atomic mass is 35.5. The number of nitrogens with one attached hydrogen (secondary N) is 1. The van der Waals surface area contributed by atoms with Crippen LogP contribution in [0.1, 0.15) is 46.1 Å². The molecule has 0 amide bonds. The largest absolute Gasteiger partial charge is 0.492 e. The Bertz CT molecular complexity index is 1530. The molecule has 1 saturated heterocycles. The Labute approximate surface area is 244 Å². The summed E-state index contributed by atoms with van der Waals surface area (Å²) < 4.78 is 17.1. The molecule has 1 fully saturated rings. The van der Waals surface area contributed by atoms with Crippen LogP contribution >= 0.6 is 11.6 Å². The van der Waals surface area contributed by atoms with E-state index in [9.17, 15) is 15.4 Å². The average molecular weight is 577 g/mol. The van der Waals surface area contributed by atoms with E-state index >= 15 is 0 Å². The number of allylic oxidation sites excluding steroid dienone is 3. The fourth-order valence-electron chi connectivity index (χ4n) is 4.48. The van der Waals surface area contributed by atoms with Crippen molar-refractivity contribution in [3.8, 4) is 17.6 Å².